The van der Waals surface area contributed by atoms with Gasteiger partial charge >= 0.3 is 0 Å². The van der Waals surface area contributed by atoms with Crippen LogP contribution in [0.1, 0.15) is 12.1 Å². The van der Waals surface area contributed by atoms with Crippen LogP contribution in [0.5, 0.6) is 0 Å². The Kier molecular flexibility index (Phi) is 4.62. The first-order chi connectivity index (χ1) is 14.6. The Balaban J connectivity index is 1.63. The van der Waals surface area contributed by atoms with Crippen LogP contribution in [0.3, 0.4) is 0 Å². The molecule has 1 N–H and O–H groups in total. The lowest BCUT2D eigenvalue weighted by Crippen LogP contribution is -2.36. The normalized spacial score (nSPS) is 14.7. The summed E-state index contributed by atoms with van der Waals surface area (Å²) in [7, 11) is 1.72. The molecule has 10 heteroatoms. The van der Waals surface area contributed by atoms with E-state index in [1.165, 1.54) is 12.4 Å². The zero-order chi connectivity index (χ0) is 20.7. The van der Waals surface area contributed by atoms with Crippen LogP contribution in [0.25, 0.3) is 27.8 Å². The summed E-state index contributed by atoms with van der Waals surface area (Å²) in [5.74, 6) is 0.981. The molecule has 4 aromatic rings. The number of hydrogen-bond donors (Lipinski definition) is 1. The third-order valence-corrected chi connectivity index (χ3v) is 5.20. The number of ether oxygens (including phenoxy) is 1. The summed E-state index contributed by atoms with van der Waals surface area (Å²) >= 11 is 0. The van der Waals surface area contributed by atoms with Gasteiger partial charge in [-0.05, 0) is 18.2 Å². The fraction of sp³-hybridized carbons (Fsp3) is 0.300. The van der Waals surface area contributed by atoms with Crippen molar-refractivity contribution < 1.29 is 13.5 Å². The number of halogens is 2. The third kappa shape index (κ3) is 3.18. The first-order valence-corrected chi connectivity index (χ1v) is 9.58. The standard InChI is InChI=1S/C20H19F2N7O/c1-23-16-8-13-14(9-24-16)18(19(21)22)25-10-15(13)20-26-17-3-2-12(11-29(17)27-20)28-4-6-30-7-5-28/h2-3,8-11,19H,4-7H2,1H3,(H,23,24). The SMILES string of the molecule is CNc1cc2c(-c3nc4ccc(N5CCOCC5)cn4n3)cnc(C(F)F)c2cn1. The highest BCUT2D eigenvalue weighted by molar-refractivity contribution is 5.97. The van der Waals surface area contributed by atoms with Gasteiger partial charge in [0.05, 0.1) is 25.1 Å². The number of pyridine rings is 3. The average Bonchev–Trinajstić information content (AvgIpc) is 3.21. The van der Waals surface area contributed by atoms with Crippen LogP contribution in [0.15, 0.2) is 36.8 Å². The number of alkyl halides is 2. The van der Waals surface area contributed by atoms with Gasteiger partial charge in [0.2, 0.25) is 0 Å². The van der Waals surface area contributed by atoms with Gasteiger partial charge in [-0.1, -0.05) is 0 Å². The molecule has 0 aromatic carbocycles. The molecule has 5 rings (SSSR count). The second-order valence-electron chi connectivity index (χ2n) is 6.95. The Morgan fingerprint density at radius 1 is 1.10 bits per heavy atom. The second-order valence-corrected chi connectivity index (χ2v) is 6.95. The maximum absolute atomic E-state index is 13.4. The molecule has 0 bridgehead atoms. The molecule has 154 valence electrons. The topological polar surface area (TPSA) is 80.5 Å². The van der Waals surface area contributed by atoms with Crippen molar-refractivity contribution in [3.63, 3.8) is 0 Å². The summed E-state index contributed by atoms with van der Waals surface area (Å²) in [5, 5.41) is 8.39. The predicted octanol–water partition coefficient (Wildman–Crippen LogP) is 3.16. The first kappa shape index (κ1) is 18.6. The highest BCUT2D eigenvalue weighted by Gasteiger charge is 2.20. The Hall–Kier alpha value is -3.40. The summed E-state index contributed by atoms with van der Waals surface area (Å²) in [6.45, 7) is 3.01. The Labute approximate surface area is 170 Å². The molecule has 0 radical (unpaired) electrons. The summed E-state index contributed by atoms with van der Waals surface area (Å²) in [4.78, 5) is 15.0. The van der Waals surface area contributed by atoms with Gasteiger partial charge < -0.3 is 15.0 Å². The minimum atomic E-state index is -2.70. The number of anilines is 2. The molecule has 0 atom stereocenters. The highest BCUT2D eigenvalue weighted by atomic mass is 19.3. The van der Waals surface area contributed by atoms with E-state index < -0.39 is 6.43 Å². The van der Waals surface area contributed by atoms with E-state index in [0.29, 0.717) is 41.5 Å². The van der Waals surface area contributed by atoms with Crippen LogP contribution in [0, 0.1) is 0 Å². The lowest BCUT2D eigenvalue weighted by Gasteiger charge is -2.28. The van der Waals surface area contributed by atoms with Crippen molar-refractivity contribution in [3.8, 4) is 11.4 Å². The van der Waals surface area contributed by atoms with Crippen molar-refractivity contribution in [2.24, 2.45) is 0 Å². The molecule has 4 aromatic heterocycles. The number of hydrogen-bond acceptors (Lipinski definition) is 7. The van der Waals surface area contributed by atoms with E-state index in [1.807, 2.05) is 18.3 Å². The summed E-state index contributed by atoms with van der Waals surface area (Å²) in [5.41, 5.74) is 1.96. The van der Waals surface area contributed by atoms with Gasteiger partial charge in [0, 0.05) is 48.9 Å². The van der Waals surface area contributed by atoms with Crippen LogP contribution in [-0.4, -0.2) is 57.9 Å². The number of nitrogens with zero attached hydrogens (tertiary/aromatic N) is 6. The predicted molar refractivity (Wildman–Crippen MR) is 109 cm³/mol. The van der Waals surface area contributed by atoms with E-state index in [-0.39, 0.29) is 11.1 Å². The van der Waals surface area contributed by atoms with E-state index >= 15 is 0 Å². The van der Waals surface area contributed by atoms with Gasteiger partial charge in [0.25, 0.3) is 6.43 Å². The van der Waals surface area contributed by atoms with Gasteiger partial charge in [0.15, 0.2) is 11.5 Å². The number of aromatic nitrogens is 5. The van der Waals surface area contributed by atoms with Gasteiger partial charge in [-0.25, -0.2) is 23.3 Å². The molecule has 5 heterocycles. The van der Waals surface area contributed by atoms with E-state index in [4.69, 9.17) is 4.74 Å². The Bertz CT molecular complexity index is 1220. The van der Waals surface area contributed by atoms with Crippen molar-refractivity contribution in [2.75, 3.05) is 43.6 Å². The Morgan fingerprint density at radius 2 is 1.93 bits per heavy atom. The molecule has 0 spiro atoms. The van der Waals surface area contributed by atoms with Gasteiger partial charge in [-0.15, -0.1) is 5.10 Å². The monoisotopic (exact) mass is 411 g/mol. The molecule has 0 amide bonds. The number of fused-ring (bicyclic) bond motifs is 2. The van der Waals surface area contributed by atoms with Crippen LogP contribution in [0.4, 0.5) is 20.3 Å². The van der Waals surface area contributed by atoms with E-state index in [0.717, 1.165) is 18.8 Å². The minimum absolute atomic E-state index is 0.286. The second kappa shape index (κ2) is 7.45. The van der Waals surface area contributed by atoms with Crippen molar-refractivity contribution in [2.45, 2.75) is 6.43 Å². The highest BCUT2D eigenvalue weighted by Crippen LogP contribution is 2.33. The molecule has 1 aliphatic rings. The zero-order valence-electron chi connectivity index (χ0n) is 16.2. The summed E-state index contributed by atoms with van der Waals surface area (Å²) < 4.78 is 34.0. The quantitative estimate of drug-likeness (QED) is 0.553. The molecule has 0 unspecified atom stereocenters. The van der Waals surface area contributed by atoms with Gasteiger partial charge in [0.1, 0.15) is 11.5 Å². The van der Waals surface area contributed by atoms with E-state index in [9.17, 15) is 8.78 Å². The van der Waals surface area contributed by atoms with E-state index in [1.54, 1.807) is 17.6 Å². The molecule has 0 aliphatic carbocycles. The van der Waals surface area contributed by atoms with Gasteiger partial charge in [-0.3, -0.25) is 4.98 Å². The van der Waals surface area contributed by atoms with Crippen molar-refractivity contribution in [1.29, 1.82) is 0 Å². The zero-order valence-corrected chi connectivity index (χ0v) is 16.2. The maximum Gasteiger partial charge on any atom is 0.281 e. The number of rotatable bonds is 4. The first-order valence-electron chi connectivity index (χ1n) is 9.58. The minimum Gasteiger partial charge on any atom is -0.378 e. The molecule has 1 fully saturated rings. The Morgan fingerprint density at radius 3 is 2.70 bits per heavy atom. The fourth-order valence-corrected chi connectivity index (χ4v) is 3.64. The lowest BCUT2D eigenvalue weighted by molar-refractivity contribution is 0.122. The molecular weight excluding hydrogens is 392 g/mol. The lowest BCUT2D eigenvalue weighted by atomic mass is 10.1. The molecule has 0 saturated carbocycles. The molecule has 30 heavy (non-hydrogen) atoms. The van der Waals surface area contributed by atoms with Crippen molar-refractivity contribution >= 4 is 27.9 Å². The number of nitrogens with one attached hydrogen (secondary N) is 1. The average molecular weight is 411 g/mol. The molecular formula is C20H19F2N7O. The van der Waals surface area contributed by atoms with Crippen LogP contribution >= 0.6 is 0 Å². The van der Waals surface area contributed by atoms with Crippen molar-refractivity contribution in [3.05, 3.63) is 42.5 Å². The molecule has 1 saturated heterocycles. The van der Waals surface area contributed by atoms with Crippen molar-refractivity contribution in [1.82, 2.24) is 24.6 Å². The van der Waals surface area contributed by atoms with Gasteiger partial charge in [-0.2, -0.15) is 0 Å². The van der Waals surface area contributed by atoms with Crippen LogP contribution < -0.4 is 10.2 Å². The number of morpholine rings is 1. The maximum atomic E-state index is 13.4. The molecule has 1 aliphatic heterocycles. The third-order valence-electron chi connectivity index (χ3n) is 5.20. The summed E-state index contributed by atoms with van der Waals surface area (Å²) in [6, 6.07) is 5.60. The summed E-state index contributed by atoms with van der Waals surface area (Å²) in [6.07, 6.45) is 2.03. The van der Waals surface area contributed by atoms with Crippen LogP contribution in [-0.2, 0) is 4.74 Å². The fourth-order valence-electron chi connectivity index (χ4n) is 3.64. The van der Waals surface area contributed by atoms with Crippen LogP contribution in [0.2, 0.25) is 0 Å². The smallest absolute Gasteiger partial charge is 0.281 e. The van der Waals surface area contributed by atoms with E-state index in [2.05, 4.69) is 30.3 Å². The largest absolute Gasteiger partial charge is 0.378 e. The molecule has 8 nitrogen and oxygen atoms in total.